The third-order valence-electron chi connectivity index (χ3n) is 8.09. The summed E-state index contributed by atoms with van der Waals surface area (Å²) < 4.78 is 13.4. The van der Waals surface area contributed by atoms with E-state index < -0.39 is 16.6 Å². The Morgan fingerprint density at radius 3 is 2.03 bits per heavy atom. The van der Waals surface area contributed by atoms with E-state index in [-0.39, 0.29) is 28.3 Å². The highest BCUT2D eigenvalue weighted by molar-refractivity contribution is 6.75. The lowest BCUT2D eigenvalue weighted by Gasteiger charge is -2.39. The van der Waals surface area contributed by atoms with Gasteiger partial charge in [-0.15, -0.1) is 0 Å². The van der Waals surface area contributed by atoms with Gasteiger partial charge < -0.3 is 8.85 Å². The average Bonchev–Trinajstić information content (AvgIpc) is 2.77. The Kier molecular flexibility index (Phi) is 8.47. The van der Waals surface area contributed by atoms with Crippen LogP contribution in [-0.2, 0) is 16.0 Å². The standard InChI is InChI=1S/C30H42ClNO4Si2/c1-29(2,3)37(7,8)35-25-16-11-21(19-26(25)36-38(9,10)30(4,5)6)12-17-27(33)32-24-15-14-23(31)20-22(24)13-18-28(32)34/h11-12,14-17,19-20H,13,18H2,1-10H3. The van der Waals surface area contributed by atoms with Gasteiger partial charge in [-0.3, -0.25) is 9.59 Å². The summed E-state index contributed by atoms with van der Waals surface area (Å²) in [6, 6.07) is 11.1. The number of nitrogens with zero attached hydrogens (tertiary/aromatic N) is 1. The first-order valence-corrected chi connectivity index (χ1v) is 19.4. The van der Waals surface area contributed by atoms with Crippen LogP contribution in [0.2, 0.25) is 41.3 Å². The second kappa shape index (κ2) is 10.7. The molecule has 0 radical (unpaired) electrons. The fourth-order valence-corrected chi connectivity index (χ4v) is 5.83. The summed E-state index contributed by atoms with van der Waals surface area (Å²) in [5.41, 5.74) is 2.30. The maximum Gasteiger partial charge on any atom is 0.257 e. The van der Waals surface area contributed by atoms with Gasteiger partial charge in [-0.25, -0.2) is 4.90 Å². The minimum Gasteiger partial charge on any atom is -0.541 e. The first-order valence-electron chi connectivity index (χ1n) is 13.2. The first kappa shape index (κ1) is 30.2. The highest BCUT2D eigenvalue weighted by atomic mass is 35.5. The van der Waals surface area contributed by atoms with E-state index in [0.29, 0.717) is 22.9 Å². The Balaban J connectivity index is 1.96. The van der Waals surface area contributed by atoms with E-state index in [4.69, 9.17) is 20.5 Å². The van der Waals surface area contributed by atoms with Crippen LogP contribution in [-0.4, -0.2) is 28.4 Å². The number of anilines is 1. The van der Waals surface area contributed by atoms with E-state index in [1.54, 1.807) is 18.2 Å². The molecule has 0 aromatic heterocycles. The number of hydrogen-bond acceptors (Lipinski definition) is 4. The molecule has 2 amide bonds. The Hall–Kier alpha value is -2.36. The number of carbonyl (C=O) groups is 2. The van der Waals surface area contributed by atoms with E-state index in [0.717, 1.165) is 16.9 Å². The number of imide groups is 1. The molecule has 1 aliphatic heterocycles. The summed E-state index contributed by atoms with van der Waals surface area (Å²) in [5.74, 6) is 0.841. The summed E-state index contributed by atoms with van der Waals surface area (Å²) >= 11 is 6.13. The monoisotopic (exact) mass is 571 g/mol. The predicted octanol–water partition coefficient (Wildman–Crippen LogP) is 8.63. The van der Waals surface area contributed by atoms with Crippen LogP contribution in [0.1, 0.15) is 59.1 Å². The van der Waals surface area contributed by atoms with Crippen molar-refractivity contribution in [1.82, 2.24) is 0 Å². The van der Waals surface area contributed by atoms with Gasteiger partial charge in [0, 0.05) is 17.5 Å². The Morgan fingerprint density at radius 2 is 1.45 bits per heavy atom. The molecule has 0 saturated carbocycles. The summed E-state index contributed by atoms with van der Waals surface area (Å²) in [5, 5.41) is 0.636. The number of fused-ring (bicyclic) bond motifs is 1. The van der Waals surface area contributed by atoms with E-state index in [2.05, 4.69) is 67.7 Å². The molecule has 0 fully saturated rings. The highest BCUT2D eigenvalue weighted by Crippen LogP contribution is 2.44. The minimum absolute atomic E-state index is 0.00790. The van der Waals surface area contributed by atoms with Crippen molar-refractivity contribution < 1.29 is 18.4 Å². The fourth-order valence-electron chi connectivity index (χ4n) is 3.59. The quantitative estimate of drug-likeness (QED) is 0.257. The van der Waals surface area contributed by atoms with Crippen LogP contribution in [0.25, 0.3) is 6.08 Å². The van der Waals surface area contributed by atoms with Gasteiger partial charge in [0.1, 0.15) is 11.5 Å². The maximum absolute atomic E-state index is 13.2. The SMILES string of the molecule is CC(C)(C)[Si](C)(C)Oc1ccc(C=CC(=O)N2C(=O)CCc3cc(Cl)ccc32)cc1O[Si](C)(C)C(C)(C)C. The van der Waals surface area contributed by atoms with Crippen LogP contribution in [0.5, 0.6) is 11.5 Å². The van der Waals surface area contributed by atoms with Crippen LogP contribution in [0.3, 0.4) is 0 Å². The summed E-state index contributed by atoms with van der Waals surface area (Å²) in [7, 11) is -4.28. The van der Waals surface area contributed by atoms with Gasteiger partial charge >= 0.3 is 0 Å². The Morgan fingerprint density at radius 1 is 0.868 bits per heavy atom. The van der Waals surface area contributed by atoms with E-state index in [1.807, 2.05) is 24.3 Å². The van der Waals surface area contributed by atoms with Crippen LogP contribution in [0, 0.1) is 0 Å². The number of aryl methyl sites for hydroxylation is 1. The molecule has 206 valence electrons. The van der Waals surface area contributed by atoms with Gasteiger partial charge in [-0.2, -0.15) is 0 Å². The lowest BCUT2D eigenvalue weighted by molar-refractivity contribution is -0.124. The van der Waals surface area contributed by atoms with Crippen molar-refractivity contribution in [2.24, 2.45) is 0 Å². The van der Waals surface area contributed by atoms with Crippen molar-refractivity contribution in [3.63, 3.8) is 0 Å². The molecule has 1 aliphatic rings. The van der Waals surface area contributed by atoms with Gasteiger partial charge in [0.25, 0.3) is 22.5 Å². The fraction of sp³-hybridized carbons (Fsp3) is 0.467. The van der Waals surface area contributed by atoms with Crippen LogP contribution in [0.15, 0.2) is 42.5 Å². The minimum atomic E-state index is -2.17. The van der Waals surface area contributed by atoms with E-state index in [1.165, 1.54) is 11.0 Å². The molecule has 38 heavy (non-hydrogen) atoms. The van der Waals surface area contributed by atoms with Gasteiger partial charge in [0.2, 0.25) is 5.91 Å². The Bertz CT molecular complexity index is 1260. The number of hydrogen-bond donors (Lipinski definition) is 0. The zero-order valence-corrected chi connectivity index (χ0v) is 27.2. The zero-order valence-electron chi connectivity index (χ0n) is 24.5. The third kappa shape index (κ3) is 6.61. The molecule has 2 aromatic rings. The second-order valence-corrected chi connectivity index (χ2v) is 23.0. The number of rotatable bonds is 6. The molecule has 8 heteroatoms. The van der Waals surface area contributed by atoms with Crippen molar-refractivity contribution in [3.8, 4) is 11.5 Å². The second-order valence-electron chi connectivity index (χ2n) is 13.1. The molecule has 1 heterocycles. The molecular formula is C30H42ClNO4Si2. The summed E-state index contributed by atoms with van der Waals surface area (Å²) in [6.45, 7) is 22.1. The van der Waals surface area contributed by atoms with Crippen LogP contribution >= 0.6 is 11.6 Å². The molecule has 3 rings (SSSR count). The van der Waals surface area contributed by atoms with Crippen molar-refractivity contribution in [3.05, 3.63) is 58.6 Å². The number of amides is 2. The topological polar surface area (TPSA) is 55.8 Å². The maximum atomic E-state index is 13.2. The highest BCUT2D eigenvalue weighted by Gasteiger charge is 2.42. The average molecular weight is 572 g/mol. The lowest BCUT2D eigenvalue weighted by Crippen LogP contribution is -2.45. The Labute approximate surface area is 235 Å². The molecule has 0 saturated heterocycles. The largest absolute Gasteiger partial charge is 0.541 e. The van der Waals surface area contributed by atoms with Gasteiger partial charge in [-0.05, 0) is 90.2 Å². The third-order valence-corrected chi connectivity index (χ3v) is 17.0. The number of halogens is 1. The van der Waals surface area contributed by atoms with Crippen molar-refractivity contribution in [2.75, 3.05) is 4.90 Å². The van der Waals surface area contributed by atoms with Crippen LogP contribution in [0.4, 0.5) is 5.69 Å². The lowest BCUT2D eigenvalue weighted by atomic mass is 10.0. The summed E-state index contributed by atoms with van der Waals surface area (Å²) in [4.78, 5) is 27.1. The molecule has 5 nitrogen and oxygen atoms in total. The number of carbonyl (C=O) groups excluding carboxylic acids is 2. The van der Waals surface area contributed by atoms with Crippen molar-refractivity contribution >= 4 is 51.8 Å². The van der Waals surface area contributed by atoms with Crippen molar-refractivity contribution in [2.45, 2.75) is 90.6 Å². The van der Waals surface area contributed by atoms with Gasteiger partial charge in [0.05, 0.1) is 5.69 Å². The van der Waals surface area contributed by atoms with Crippen molar-refractivity contribution in [1.29, 1.82) is 0 Å². The molecule has 0 aliphatic carbocycles. The molecule has 0 spiro atoms. The van der Waals surface area contributed by atoms with E-state index >= 15 is 0 Å². The molecule has 2 aromatic carbocycles. The molecular weight excluding hydrogens is 530 g/mol. The molecule has 0 bridgehead atoms. The number of benzene rings is 2. The normalized spacial score (nSPS) is 15.0. The van der Waals surface area contributed by atoms with Gasteiger partial charge in [-0.1, -0.05) is 59.2 Å². The molecule has 0 N–H and O–H groups in total. The molecule has 0 atom stereocenters. The zero-order chi connectivity index (χ0) is 28.7. The van der Waals surface area contributed by atoms with E-state index in [9.17, 15) is 9.59 Å². The van der Waals surface area contributed by atoms with Crippen LogP contribution < -0.4 is 13.8 Å². The predicted molar refractivity (Wildman–Crippen MR) is 163 cm³/mol. The summed E-state index contributed by atoms with van der Waals surface area (Å²) in [6.07, 6.45) is 4.03. The molecule has 0 unspecified atom stereocenters. The van der Waals surface area contributed by atoms with Gasteiger partial charge in [0.15, 0.2) is 0 Å². The smallest absolute Gasteiger partial charge is 0.257 e. The first-order chi connectivity index (χ1) is 17.3.